The molecule has 26 heavy (non-hydrogen) atoms. The van der Waals surface area contributed by atoms with E-state index in [-0.39, 0.29) is 17.9 Å². The van der Waals surface area contributed by atoms with Crippen molar-refractivity contribution in [2.75, 3.05) is 26.2 Å². The van der Waals surface area contributed by atoms with Crippen molar-refractivity contribution >= 4 is 5.91 Å². The minimum Gasteiger partial charge on any atom is -0.341 e. The first-order valence-electron chi connectivity index (χ1n) is 9.55. The molecule has 2 bridgehead atoms. The Morgan fingerprint density at radius 2 is 2.00 bits per heavy atom. The van der Waals surface area contributed by atoms with Crippen molar-refractivity contribution in [2.24, 2.45) is 5.92 Å². The number of amides is 1. The van der Waals surface area contributed by atoms with Gasteiger partial charge in [0.2, 0.25) is 5.91 Å². The van der Waals surface area contributed by atoms with Crippen molar-refractivity contribution in [1.82, 2.24) is 19.8 Å². The second kappa shape index (κ2) is 7.74. The number of hydrogen-bond acceptors (Lipinski definition) is 4. The number of carbonyl (C=O) groups excluding carboxylic acids is 1. The van der Waals surface area contributed by atoms with Gasteiger partial charge in [-0.3, -0.25) is 14.5 Å². The third-order valence-electron chi connectivity index (χ3n) is 5.58. The summed E-state index contributed by atoms with van der Waals surface area (Å²) < 4.78 is 0. The summed E-state index contributed by atoms with van der Waals surface area (Å²) in [5.41, 5.74) is 2.30. The number of nitrogens with zero attached hydrogens (tertiary/aromatic N) is 3. The van der Waals surface area contributed by atoms with Crippen molar-refractivity contribution in [3.05, 3.63) is 39.1 Å². The lowest BCUT2D eigenvalue weighted by molar-refractivity contribution is -0.130. The number of allylic oxidation sites excluding steroid dienone is 1. The van der Waals surface area contributed by atoms with E-state index >= 15 is 0 Å². The summed E-state index contributed by atoms with van der Waals surface area (Å²) in [5.74, 6) is 1.16. The van der Waals surface area contributed by atoms with Gasteiger partial charge in [0.1, 0.15) is 5.82 Å². The van der Waals surface area contributed by atoms with E-state index in [0.29, 0.717) is 29.0 Å². The molecule has 3 saturated heterocycles. The van der Waals surface area contributed by atoms with E-state index in [1.165, 1.54) is 12.0 Å². The van der Waals surface area contributed by atoms with Gasteiger partial charge < -0.3 is 9.88 Å². The lowest BCUT2D eigenvalue weighted by Gasteiger charge is -2.35. The largest absolute Gasteiger partial charge is 0.341 e. The summed E-state index contributed by atoms with van der Waals surface area (Å²) in [7, 11) is 0. The molecule has 142 valence electrons. The van der Waals surface area contributed by atoms with E-state index in [2.05, 4.69) is 34.8 Å². The second-order valence-corrected chi connectivity index (χ2v) is 8.02. The number of H-pyrrole nitrogens is 1. The third kappa shape index (κ3) is 4.23. The molecule has 2 atom stereocenters. The minimum absolute atomic E-state index is 0.0465. The van der Waals surface area contributed by atoms with Crippen LogP contribution in [0.5, 0.6) is 0 Å². The molecule has 0 saturated carbocycles. The zero-order valence-electron chi connectivity index (χ0n) is 16.3. The molecule has 3 fully saturated rings. The number of aromatic amines is 1. The van der Waals surface area contributed by atoms with Gasteiger partial charge in [0, 0.05) is 43.5 Å². The Bertz CT molecular complexity index is 764. The third-order valence-corrected chi connectivity index (χ3v) is 5.58. The van der Waals surface area contributed by atoms with E-state index in [1.54, 1.807) is 13.8 Å². The number of hydrogen-bond donors (Lipinski definition) is 1. The Hall–Kier alpha value is -1.95. The van der Waals surface area contributed by atoms with Gasteiger partial charge in [0.15, 0.2) is 0 Å². The van der Waals surface area contributed by atoms with Gasteiger partial charge in [0.25, 0.3) is 5.56 Å². The highest BCUT2D eigenvalue weighted by atomic mass is 16.2. The molecule has 0 aliphatic carbocycles. The molecule has 0 spiro atoms. The first-order valence-corrected chi connectivity index (χ1v) is 9.55. The Balaban J connectivity index is 1.72. The van der Waals surface area contributed by atoms with Crippen LogP contribution in [-0.4, -0.2) is 57.9 Å². The molecule has 1 N–H and O–H groups in total. The molecule has 4 heterocycles. The van der Waals surface area contributed by atoms with Gasteiger partial charge >= 0.3 is 0 Å². The molecule has 1 amide bonds. The SMILES string of the molecule is CC(C)=CCN1C[C@H]2CC[C@@H]1CN(C(=O)Cc1c(C)nc(C)[nH]c1=O)C2. The molecule has 0 aromatic carbocycles. The van der Waals surface area contributed by atoms with Crippen molar-refractivity contribution in [2.45, 2.75) is 53.0 Å². The van der Waals surface area contributed by atoms with Gasteiger partial charge in [-0.05, 0) is 46.5 Å². The maximum Gasteiger partial charge on any atom is 0.254 e. The predicted octanol–water partition coefficient (Wildman–Crippen LogP) is 1.82. The number of piperidine rings is 1. The average molecular weight is 358 g/mol. The zero-order chi connectivity index (χ0) is 18.8. The molecule has 4 rings (SSSR count). The van der Waals surface area contributed by atoms with Crippen LogP contribution in [0.4, 0.5) is 0 Å². The van der Waals surface area contributed by atoms with Crippen molar-refractivity contribution < 1.29 is 4.79 Å². The highest BCUT2D eigenvalue weighted by Gasteiger charge is 2.36. The van der Waals surface area contributed by atoms with Crippen LogP contribution < -0.4 is 5.56 Å². The van der Waals surface area contributed by atoms with E-state index in [9.17, 15) is 9.59 Å². The fraction of sp³-hybridized carbons (Fsp3) is 0.650. The quantitative estimate of drug-likeness (QED) is 0.834. The van der Waals surface area contributed by atoms with Crippen LogP contribution in [0.2, 0.25) is 0 Å². The van der Waals surface area contributed by atoms with Crippen molar-refractivity contribution in [3.8, 4) is 0 Å². The van der Waals surface area contributed by atoms with E-state index in [4.69, 9.17) is 0 Å². The molecule has 0 radical (unpaired) electrons. The van der Waals surface area contributed by atoms with Gasteiger partial charge in [-0.15, -0.1) is 0 Å². The highest BCUT2D eigenvalue weighted by Crippen LogP contribution is 2.28. The van der Waals surface area contributed by atoms with Crippen LogP contribution in [0, 0.1) is 19.8 Å². The summed E-state index contributed by atoms with van der Waals surface area (Å²) in [6, 6.07) is 0.420. The highest BCUT2D eigenvalue weighted by molar-refractivity contribution is 5.79. The van der Waals surface area contributed by atoms with Crippen LogP contribution >= 0.6 is 0 Å². The van der Waals surface area contributed by atoms with E-state index < -0.39 is 0 Å². The summed E-state index contributed by atoms with van der Waals surface area (Å²) in [5, 5.41) is 0. The van der Waals surface area contributed by atoms with Gasteiger partial charge in [-0.25, -0.2) is 4.98 Å². The lowest BCUT2D eigenvalue weighted by Crippen LogP contribution is -2.44. The van der Waals surface area contributed by atoms with Crippen LogP contribution in [0.15, 0.2) is 16.4 Å². The minimum atomic E-state index is -0.189. The molecule has 6 nitrogen and oxygen atoms in total. The summed E-state index contributed by atoms with van der Waals surface area (Å²) >= 11 is 0. The first-order chi connectivity index (χ1) is 12.3. The average Bonchev–Trinajstić information content (AvgIpc) is 2.87. The lowest BCUT2D eigenvalue weighted by atomic mass is 9.95. The number of fused-ring (bicyclic) bond motifs is 4. The maximum absolute atomic E-state index is 12.9. The monoisotopic (exact) mass is 358 g/mol. The summed E-state index contributed by atoms with van der Waals surface area (Å²) in [6.45, 7) is 11.4. The Labute approximate surface area is 155 Å². The fourth-order valence-electron chi connectivity index (χ4n) is 4.13. The topological polar surface area (TPSA) is 69.3 Å². The molecular formula is C20H30N4O2. The number of aryl methyl sites for hydroxylation is 2. The van der Waals surface area contributed by atoms with Gasteiger partial charge in [-0.2, -0.15) is 0 Å². The summed E-state index contributed by atoms with van der Waals surface area (Å²) in [6.07, 6.45) is 4.75. The van der Waals surface area contributed by atoms with Crippen LogP contribution in [-0.2, 0) is 11.2 Å². The Morgan fingerprint density at radius 1 is 1.23 bits per heavy atom. The number of aromatic nitrogens is 2. The first kappa shape index (κ1) is 18.8. The van der Waals surface area contributed by atoms with Crippen LogP contribution in [0.3, 0.4) is 0 Å². The zero-order valence-corrected chi connectivity index (χ0v) is 16.3. The number of carbonyl (C=O) groups is 1. The summed E-state index contributed by atoms with van der Waals surface area (Å²) in [4.78, 5) is 36.6. The van der Waals surface area contributed by atoms with Crippen molar-refractivity contribution in [3.63, 3.8) is 0 Å². The van der Waals surface area contributed by atoms with Gasteiger partial charge in [0.05, 0.1) is 6.42 Å². The molecule has 6 heteroatoms. The predicted molar refractivity (Wildman–Crippen MR) is 102 cm³/mol. The maximum atomic E-state index is 12.9. The molecule has 3 aliphatic rings. The van der Waals surface area contributed by atoms with Crippen LogP contribution in [0.25, 0.3) is 0 Å². The van der Waals surface area contributed by atoms with E-state index in [1.807, 2.05) is 4.90 Å². The smallest absolute Gasteiger partial charge is 0.254 e. The molecular weight excluding hydrogens is 328 g/mol. The normalized spacial score (nSPS) is 23.0. The Morgan fingerprint density at radius 3 is 2.69 bits per heavy atom. The number of nitrogens with one attached hydrogen (secondary N) is 1. The molecule has 0 unspecified atom stereocenters. The number of rotatable bonds is 4. The molecule has 1 aromatic heterocycles. The standard InChI is InChI=1S/C20H30N4O2/c1-13(2)7-8-23-10-16-5-6-17(23)12-24(11-16)19(25)9-18-14(3)21-15(4)22-20(18)26/h7,16-17H,5-6,8-12H2,1-4H3,(H,21,22,26)/t16-,17-/m1/s1. The van der Waals surface area contributed by atoms with Gasteiger partial charge in [-0.1, -0.05) is 11.6 Å². The fourth-order valence-corrected chi connectivity index (χ4v) is 4.13. The second-order valence-electron chi connectivity index (χ2n) is 8.02. The Kier molecular flexibility index (Phi) is 5.61. The molecule has 1 aromatic rings. The van der Waals surface area contributed by atoms with Crippen LogP contribution in [0.1, 0.15) is 43.8 Å². The van der Waals surface area contributed by atoms with Crippen molar-refractivity contribution in [1.29, 1.82) is 0 Å². The van der Waals surface area contributed by atoms with E-state index in [0.717, 1.165) is 32.6 Å². The molecule has 3 aliphatic heterocycles.